The molecule has 21 nitrogen and oxygen atoms in total. The summed E-state index contributed by atoms with van der Waals surface area (Å²) in [5.41, 5.74) is 0.888. The fourth-order valence-electron chi connectivity index (χ4n) is 11.1. The molecule has 3 aliphatic heterocycles. The Morgan fingerprint density at radius 3 is 2.06 bits per heavy atom. The van der Waals surface area contributed by atoms with E-state index in [9.17, 15) is 58.2 Å². The van der Waals surface area contributed by atoms with Crippen LogP contribution in [0.15, 0.2) is 115 Å². The first-order valence-electron chi connectivity index (χ1n) is 29.8. The number of esters is 2. The van der Waals surface area contributed by atoms with Gasteiger partial charge in [0.1, 0.15) is 42.9 Å². The van der Waals surface area contributed by atoms with Crippen molar-refractivity contribution in [1.29, 1.82) is 0 Å². The number of nitrogens with one attached hydrogen (secondary N) is 3. The van der Waals surface area contributed by atoms with E-state index in [0.29, 0.717) is 54.4 Å². The third kappa shape index (κ3) is 17.9. The van der Waals surface area contributed by atoms with Gasteiger partial charge in [-0.25, -0.2) is 9.59 Å². The number of carbonyl (C=O) groups is 10. The lowest BCUT2D eigenvalue weighted by Crippen LogP contribution is -2.58. The Kier molecular flexibility index (Phi) is 23.0. The third-order valence-electron chi connectivity index (χ3n) is 16.0. The zero-order valence-corrected chi connectivity index (χ0v) is 50.4. The van der Waals surface area contributed by atoms with Crippen molar-refractivity contribution in [3.05, 3.63) is 138 Å². The van der Waals surface area contributed by atoms with Crippen molar-refractivity contribution in [2.45, 2.75) is 141 Å². The number of aromatic hydroxyl groups is 2. The number of ketones is 1. The fraction of sp³-hybridized carbons (Fsp3) is 0.455. The number of cyclic esters (lactones) is 2. The first-order valence-corrected chi connectivity index (χ1v) is 29.8. The highest BCUT2D eigenvalue weighted by Gasteiger charge is 2.44. The maximum Gasteiger partial charge on any atom is 0.330 e. The van der Waals surface area contributed by atoms with Crippen molar-refractivity contribution < 1.29 is 67.6 Å². The zero-order valence-electron chi connectivity index (χ0n) is 50.4. The fourth-order valence-corrected chi connectivity index (χ4v) is 11.1. The number of hydrogen-bond donors (Lipinski definition) is 5. The van der Waals surface area contributed by atoms with Crippen molar-refractivity contribution >= 4 is 64.8 Å². The number of ether oxygens (including phenoxy) is 2. The summed E-state index contributed by atoms with van der Waals surface area (Å²) in [6.45, 7) is 6.69. The van der Waals surface area contributed by atoms with Gasteiger partial charge >= 0.3 is 11.9 Å². The Morgan fingerprint density at radius 2 is 1.34 bits per heavy atom. The van der Waals surface area contributed by atoms with Gasteiger partial charge < -0.3 is 55.2 Å². The van der Waals surface area contributed by atoms with E-state index >= 15 is 0 Å². The third-order valence-corrected chi connectivity index (χ3v) is 16.0. The Labute approximate surface area is 507 Å². The highest BCUT2D eigenvalue weighted by atomic mass is 16.5. The summed E-state index contributed by atoms with van der Waals surface area (Å²) in [6.07, 6.45) is 3.81. The molecule has 0 radical (unpaired) electrons. The topological polar surface area (TPSA) is 279 Å². The Hall–Kier alpha value is -8.88. The molecule has 3 heterocycles. The molecule has 2 fully saturated rings. The normalized spacial score (nSPS) is 23.3. The number of nitrogens with zero attached hydrogens (tertiary/aromatic N) is 4. The van der Waals surface area contributed by atoms with Crippen LogP contribution in [0, 0.1) is 11.3 Å². The smallest absolute Gasteiger partial charge is 0.330 e. The van der Waals surface area contributed by atoms with Gasteiger partial charge in [0.25, 0.3) is 5.91 Å². The molecule has 87 heavy (non-hydrogen) atoms. The lowest BCUT2D eigenvalue weighted by Gasteiger charge is -2.36. The Balaban J connectivity index is 1.18. The predicted molar refractivity (Wildman–Crippen MR) is 322 cm³/mol. The Morgan fingerprint density at radius 1 is 0.667 bits per heavy atom. The van der Waals surface area contributed by atoms with E-state index in [1.54, 1.807) is 86.9 Å². The molecule has 2 saturated heterocycles. The molecule has 7 amide bonds. The van der Waals surface area contributed by atoms with Gasteiger partial charge in [0, 0.05) is 64.8 Å². The minimum atomic E-state index is -1.52. The molecule has 0 spiro atoms. The van der Waals surface area contributed by atoms with Crippen LogP contribution in [0.25, 0.3) is 0 Å². The molecule has 5 N–H and O–H groups in total. The number of carbonyl (C=O) groups excluding carboxylic acids is 10. The van der Waals surface area contributed by atoms with Crippen molar-refractivity contribution in [1.82, 2.24) is 30.2 Å². The van der Waals surface area contributed by atoms with Crippen LogP contribution in [0.3, 0.4) is 0 Å². The van der Waals surface area contributed by atoms with Crippen LogP contribution < -0.4 is 16.0 Å². The van der Waals surface area contributed by atoms with Gasteiger partial charge in [-0.15, -0.1) is 0 Å². The summed E-state index contributed by atoms with van der Waals surface area (Å²) in [5, 5.41) is 28.7. The average Bonchev–Trinajstić information content (AvgIpc) is 3.37. The number of rotatable bonds is 8. The number of hydrogen-bond acceptors (Lipinski definition) is 14. The van der Waals surface area contributed by atoms with Gasteiger partial charge in [0.05, 0.1) is 5.41 Å². The number of phenols is 2. The van der Waals surface area contributed by atoms with Crippen LogP contribution in [-0.4, -0.2) is 153 Å². The van der Waals surface area contributed by atoms with Gasteiger partial charge in [0.2, 0.25) is 41.2 Å². The molecule has 6 atom stereocenters. The van der Waals surface area contributed by atoms with E-state index < -0.39 is 101 Å². The molecule has 0 aliphatic carbocycles. The summed E-state index contributed by atoms with van der Waals surface area (Å²) in [6, 6.07) is 22.6. The Bertz CT molecular complexity index is 3170. The molecule has 4 aromatic rings. The van der Waals surface area contributed by atoms with E-state index in [4.69, 9.17) is 9.47 Å². The summed E-state index contributed by atoms with van der Waals surface area (Å²) in [7, 11) is 3.13. The second-order valence-electron chi connectivity index (χ2n) is 23.7. The molecule has 21 heteroatoms. The minimum absolute atomic E-state index is 0.0314. The summed E-state index contributed by atoms with van der Waals surface area (Å²) < 4.78 is 11.7. The van der Waals surface area contributed by atoms with Crippen LogP contribution in [0.5, 0.6) is 11.5 Å². The summed E-state index contributed by atoms with van der Waals surface area (Å²) >= 11 is 0. The molecule has 0 saturated carbocycles. The second kappa shape index (κ2) is 30.5. The molecule has 7 rings (SSSR count). The number of aryl methyl sites for hydroxylation is 1. The van der Waals surface area contributed by atoms with Crippen LogP contribution in [0.1, 0.15) is 126 Å². The number of phenolic OH excluding ortho intramolecular Hbond substituents is 2. The molecule has 4 aromatic carbocycles. The van der Waals surface area contributed by atoms with Crippen LogP contribution in [0.2, 0.25) is 0 Å². The first kappa shape index (κ1) is 65.7. The van der Waals surface area contributed by atoms with Gasteiger partial charge in [-0.1, -0.05) is 98.8 Å². The first-order chi connectivity index (χ1) is 41.5. The van der Waals surface area contributed by atoms with E-state index in [2.05, 4.69) is 16.0 Å². The molecule has 464 valence electrons. The molecule has 1 unspecified atom stereocenters. The lowest BCUT2D eigenvalue weighted by atomic mass is 9.87. The summed E-state index contributed by atoms with van der Waals surface area (Å²) in [5.74, 6) is -7.46. The van der Waals surface area contributed by atoms with Gasteiger partial charge in [-0.3, -0.25) is 38.4 Å². The van der Waals surface area contributed by atoms with E-state index in [-0.39, 0.29) is 93.6 Å². The minimum Gasteiger partial charge on any atom is -0.504 e. The second-order valence-corrected chi connectivity index (χ2v) is 23.7. The zero-order chi connectivity index (χ0) is 63.0. The van der Waals surface area contributed by atoms with Crippen molar-refractivity contribution in [2.75, 3.05) is 45.7 Å². The number of amides is 7. The number of piperidine rings is 1. The van der Waals surface area contributed by atoms with E-state index in [0.717, 1.165) is 6.08 Å². The highest BCUT2D eigenvalue weighted by Crippen LogP contribution is 2.33. The van der Waals surface area contributed by atoms with E-state index in [1.165, 1.54) is 51.7 Å². The van der Waals surface area contributed by atoms with Crippen LogP contribution >= 0.6 is 0 Å². The van der Waals surface area contributed by atoms with Crippen molar-refractivity contribution in [2.24, 2.45) is 11.3 Å². The largest absolute Gasteiger partial charge is 0.504 e. The van der Waals surface area contributed by atoms with Gasteiger partial charge in [-0.05, 0) is 124 Å². The van der Waals surface area contributed by atoms with Crippen molar-refractivity contribution in [3.63, 3.8) is 0 Å². The number of benzene rings is 4. The number of likely N-dealkylation sites (N-methyl/N-ethyl adjacent to an activating group) is 2. The quantitative estimate of drug-likeness (QED) is 0.0724. The molecule has 3 aliphatic rings. The highest BCUT2D eigenvalue weighted by molar-refractivity contribution is 6.38. The van der Waals surface area contributed by atoms with Gasteiger partial charge in [-0.2, -0.15) is 0 Å². The predicted octanol–water partition coefficient (Wildman–Crippen LogP) is 6.42. The number of Topliss-reactive ketones (excluding diaryl/α,β-unsaturated/α-hetero) is 1. The monoisotopic (exact) mass is 1200 g/mol. The molecular weight excluding hydrogens is 1110 g/mol. The lowest BCUT2D eigenvalue weighted by molar-refractivity contribution is -0.165. The maximum absolute atomic E-state index is 15.0. The number of anilines is 1. The average molecular weight is 1200 g/mol. The van der Waals surface area contributed by atoms with Crippen LogP contribution in [-0.2, 0) is 70.3 Å². The standard InChI is InChI=1S/C66H81N7O14/c1-42(2)37-51-62(82)70(5)34-15-14-27-57(78)86-41-66(3,4)59(79)64(84)73-35-16-13-25-50(73)65(85)87-54(31-29-44-28-30-52(74)53(75)39-44)46-23-17-24-47(40-46)67-55(76)32-33-56(77)69-58(45-21-11-8-12-22-45)60(80)68-48(38-43-19-9-7-10-20-43)61(81)72-36-18-26-49(72)63(83)71(51)6/h7-12,14,17,19-24,27-28,30,39-40,42,48-51,54,58,74-75H,13,15-16,18,25-26,29,31-38,41H2,1-6H3,(H,67,76)(H,68,80)(H,69,77)/t48-,49-,50?,51-,54+,58-/m0/s1. The molecular formula is C66H81N7O14. The maximum atomic E-state index is 15.0. The van der Waals surface area contributed by atoms with Crippen molar-refractivity contribution in [3.8, 4) is 11.5 Å². The molecule has 2 bridgehead atoms. The van der Waals surface area contributed by atoms with Gasteiger partial charge in [0.15, 0.2) is 11.5 Å². The number of fused-ring (bicyclic) bond motifs is 4. The molecule has 0 aromatic heterocycles. The van der Waals surface area contributed by atoms with E-state index in [1.807, 2.05) is 32.0 Å². The SMILES string of the molecule is CC(C)C[C@H]1C(=O)N(C)CCC=CC(=O)OCC(C)(C)C(=O)C(=O)N2CCCCC2C(=O)O[C@H](CCc2ccc(O)c(O)c2)c2cccc(c2)NC(=O)CCC(=O)N[C@@H](c2ccccc2)C(=O)N[C@@H](Cc2ccccc2)C(=O)N2CCC[C@H]2C(=O)N1C. The van der Waals surface area contributed by atoms with Crippen LogP contribution in [0.4, 0.5) is 5.69 Å². The summed E-state index contributed by atoms with van der Waals surface area (Å²) in [4.78, 5) is 147.